The lowest BCUT2D eigenvalue weighted by atomic mass is 10.0. The average molecular weight is 288 g/mol. The maximum Gasteiger partial charge on any atom is 0.274 e. The van der Waals surface area contributed by atoms with E-state index in [0.717, 1.165) is 36.4 Å². The maximum absolute atomic E-state index is 12.3. The standard InChI is InChI=1S/C16H24N4O/c1-2-19-13(8-5-9-17)10-16(21)20-15(19)11-14(18-20)12-6-3-4-7-12/h10-12H,2-9,17H2,1H3. The van der Waals surface area contributed by atoms with Gasteiger partial charge >= 0.3 is 0 Å². The number of aromatic nitrogens is 3. The molecule has 2 heterocycles. The zero-order valence-electron chi connectivity index (χ0n) is 12.7. The van der Waals surface area contributed by atoms with Gasteiger partial charge in [0.2, 0.25) is 0 Å². The molecule has 5 heteroatoms. The Morgan fingerprint density at radius 3 is 2.76 bits per heavy atom. The van der Waals surface area contributed by atoms with E-state index in [4.69, 9.17) is 5.73 Å². The van der Waals surface area contributed by atoms with Crippen LogP contribution in [0.25, 0.3) is 5.65 Å². The van der Waals surface area contributed by atoms with E-state index < -0.39 is 0 Å². The summed E-state index contributed by atoms with van der Waals surface area (Å²) in [6, 6.07) is 3.84. The molecule has 1 aliphatic rings. The summed E-state index contributed by atoms with van der Waals surface area (Å²) in [5.41, 5.74) is 8.66. The second-order valence-electron chi connectivity index (χ2n) is 5.93. The van der Waals surface area contributed by atoms with Crippen molar-refractivity contribution in [2.24, 2.45) is 5.73 Å². The van der Waals surface area contributed by atoms with Crippen molar-refractivity contribution < 1.29 is 0 Å². The van der Waals surface area contributed by atoms with Gasteiger partial charge in [-0.2, -0.15) is 9.61 Å². The summed E-state index contributed by atoms with van der Waals surface area (Å²) in [6.07, 6.45) is 6.70. The molecule has 1 fully saturated rings. The van der Waals surface area contributed by atoms with Crippen LogP contribution in [0, 0.1) is 0 Å². The first kappa shape index (κ1) is 14.3. The van der Waals surface area contributed by atoms with Crippen LogP contribution < -0.4 is 11.3 Å². The fraction of sp³-hybridized carbons (Fsp3) is 0.625. The zero-order valence-corrected chi connectivity index (χ0v) is 12.7. The lowest BCUT2D eigenvalue weighted by Gasteiger charge is -2.12. The molecule has 0 bridgehead atoms. The predicted octanol–water partition coefficient (Wildman–Crippen LogP) is 2.06. The minimum atomic E-state index is -0.0223. The molecule has 1 saturated carbocycles. The van der Waals surface area contributed by atoms with Crippen LogP contribution in [0.5, 0.6) is 0 Å². The Labute approximate surface area is 124 Å². The first-order valence-corrected chi connectivity index (χ1v) is 8.07. The van der Waals surface area contributed by atoms with Gasteiger partial charge in [-0.15, -0.1) is 0 Å². The van der Waals surface area contributed by atoms with Gasteiger partial charge in [0.25, 0.3) is 5.56 Å². The number of rotatable bonds is 5. The SMILES string of the molecule is CCn1c(CCCN)cc(=O)n2nc(C3CCCC3)cc12. The fourth-order valence-corrected chi connectivity index (χ4v) is 3.45. The van der Waals surface area contributed by atoms with Gasteiger partial charge in [0.1, 0.15) is 5.65 Å². The summed E-state index contributed by atoms with van der Waals surface area (Å²) in [6.45, 7) is 3.60. The highest BCUT2D eigenvalue weighted by atomic mass is 16.1. The normalized spacial score (nSPS) is 16.1. The summed E-state index contributed by atoms with van der Waals surface area (Å²) in [7, 11) is 0. The van der Waals surface area contributed by atoms with Gasteiger partial charge in [-0.05, 0) is 39.2 Å². The lowest BCUT2D eigenvalue weighted by molar-refractivity contribution is 0.657. The molecule has 2 aromatic heterocycles. The predicted molar refractivity (Wildman–Crippen MR) is 83.7 cm³/mol. The van der Waals surface area contributed by atoms with Crippen molar-refractivity contribution in [2.45, 2.75) is 57.9 Å². The number of hydrogen-bond donors (Lipinski definition) is 1. The topological polar surface area (TPSA) is 65.3 Å². The number of hydrogen-bond acceptors (Lipinski definition) is 3. The summed E-state index contributed by atoms with van der Waals surface area (Å²) in [5.74, 6) is 0.530. The van der Waals surface area contributed by atoms with E-state index in [-0.39, 0.29) is 5.56 Å². The highest BCUT2D eigenvalue weighted by Gasteiger charge is 2.21. The molecule has 114 valence electrons. The number of fused-ring (bicyclic) bond motifs is 1. The Morgan fingerprint density at radius 2 is 2.10 bits per heavy atom. The molecule has 0 radical (unpaired) electrons. The van der Waals surface area contributed by atoms with Crippen LogP contribution in [0.3, 0.4) is 0 Å². The van der Waals surface area contributed by atoms with Crippen LogP contribution in [0.1, 0.15) is 56.3 Å². The van der Waals surface area contributed by atoms with Crippen molar-refractivity contribution >= 4 is 5.65 Å². The molecular formula is C16H24N4O. The van der Waals surface area contributed by atoms with Gasteiger partial charge in [0, 0.05) is 30.3 Å². The van der Waals surface area contributed by atoms with Crippen LogP contribution in [0.15, 0.2) is 16.9 Å². The zero-order chi connectivity index (χ0) is 14.8. The molecule has 0 saturated heterocycles. The average Bonchev–Trinajstić information content (AvgIpc) is 3.13. The fourth-order valence-electron chi connectivity index (χ4n) is 3.45. The summed E-state index contributed by atoms with van der Waals surface area (Å²) in [5, 5.41) is 4.58. The van der Waals surface area contributed by atoms with Gasteiger partial charge in [-0.25, -0.2) is 0 Å². The van der Waals surface area contributed by atoms with E-state index in [2.05, 4.69) is 22.7 Å². The molecule has 5 nitrogen and oxygen atoms in total. The monoisotopic (exact) mass is 288 g/mol. The number of nitrogens with zero attached hydrogens (tertiary/aromatic N) is 3. The Morgan fingerprint density at radius 1 is 1.33 bits per heavy atom. The first-order chi connectivity index (χ1) is 10.2. The third-order valence-corrected chi connectivity index (χ3v) is 4.56. The summed E-state index contributed by atoms with van der Waals surface area (Å²) < 4.78 is 3.77. The van der Waals surface area contributed by atoms with Crippen molar-refractivity contribution in [1.82, 2.24) is 14.2 Å². The van der Waals surface area contributed by atoms with E-state index in [9.17, 15) is 4.79 Å². The highest BCUT2D eigenvalue weighted by Crippen LogP contribution is 2.33. The third kappa shape index (κ3) is 2.62. The molecule has 0 unspecified atom stereocenters. The minimum absolute atomic E-state index is 0.0223. The third-order valence-electron chi connectivity index (χ3n) is 4.56. The Hall–Kier alpha value is -1.62. The van der Waals surface area contributed by atoms with Crippen LogP contribution in [-0.4, -0.2) is 20.7 Å². The molecule has 0 spiro atoms. The quantitative estimate of drug-likeness (QED) is 0.916. The Bertz CT molecular complexity index is 679. The number of aryl methyl sites for hydroxylation is 2. The van der Waals surface area contributed by atoms with Crippen molar-refractivity contribution in [3.05, 3.63) is 33.9 Å². The molecule has 21 heavy (non-hydrogen) atoms. The smallest absolute Gasteiger partial charge is 0.274 e. The molecule has 2 aromatic rings. The molecule has 0 amide bonds. The molecule has 3 rings (SSSR count). The largest absolute Gasteiger partial charge is 0.330 e. The van der Waals surface area contributed by atoms with E-state index in [1.165, 1.54) is 25.7 Å². The van der Waals surface area contributed by atoms with E-state index >= 15 is 0 Å². The van der Waals surface area contributed by atoms with Gasteiger partial charge < -0.3 is 10.3 Å². The summed E-state index contributed by atoms with van der Waals surface area (Å²) >= 11 is 0. The second-order valence-corrected chi connectivity index (χ2v) is 5.93. The van der Waals surface area contributed by atoms with Crippen molar-refractivity contribution in [2.75, 3.05) is 6.54 Å². The van der Waals surface area contributed by atoms with Gasteiger partial charge in [-0.1, -0.05) is 12.8 Å². The van der Waals surface area contributed by atoms with Crippen molar-refractivity contribution in [3.63, 3.8) is 0 Å². The molecular weight excluding hydrogens is 264 g/mol. The van der Waals surface area contributed by atoms with Gasteiger partial charge in [0.05, 0.1) is 5.69 Å². The van der Waals surface area contributed by atoms with Crippen LogP contribution >= 0.6 is 0 Å². The Kier molecular flexibility index (Phi) is 4.10. The van der Waals surface area contributed by atoms with E-state index in [0.29, 0.717) is 12.5 Å². The van der Waals surface area contributed by atoms with Crippen LogP contribution in [0.2, 0.25) is 0 Å². The second kappa shape index (κ2) is 6.02. The van der Waals surface area contributed by atoms with Crippen LogP contribution in [-0.2, 0) is 13.0 Å². The molecule has 0 aliphatic heterocycles. The maximum atomic E-state index is 12.3. The highest BCUT2D eigenvalue weighted by molar-refractivity contribution is 5.43. The lowest BCUT2D eigenvalue weighted by Crippen LogP contribution is -2.21. The molecule has 1 aliphatic carbocycles. The van der Waals surface area contributed by atoms with E-state index in [1.54, 1.807) is 10.6 Å². The Balaban J connectivity index is 2.09. The van der Waals surface area contributed by atoms with Crippen LogP contribution in [0.4, 0.5) is 0 Å². The van der Waals surface area contributed by atoms with Crippen molar-refractivity contribution in [1.29, 1.82) is 0 Å². The number of nitrogens with two attached hydrogens (primary N) is 1. The van der Waals surface area contributed by atoms with Crippen molar-refractivity contribution in [3.8, 4) is 0 Å². The summed E-state index contributed by atoms with van der Waals surface area (Å²) in [4.78, 5) is 12.3. The molecule has 2 N–H and O–H groups in total. The van der Waals surface area contributed by atoms with Gasteiger partial charge in [-0.3, -0.25) is 4.79 Å². The van der Waals surface area contributed by atoms with E-state index in [1.807, 2.05) is 0 Å². The molecule has 0 aromatic carbocycles. The van der Waals surface area contributed by atoms with Gasteiger partial charge in [0.15, 0.2) is 0 Å². The minimum Gasteiger partial charge on any atom is -0.330 e. The molecule has 0 atom stereocenters. The first-order valence-electron chi connectivity index (χ1n) is 8.07.